The predicted molar refractivity (Wildman–Crippen MR) is 98.1 cm³/mol. The second kappa shape index (κ2) is 8.23. The molecule has 0 aliphatic carbocycles. The number of nitrogens with one attached hydrogen (secondary N) is 1. The second-order valence-electron chi connectivity index (χ2n) is 5.96. The van der Waals surface area contributed by atoms with Gasteiger partial charge in [-0.05, 0) is 19.2 Å². The van der Waals surface area contributed by atoms with E-state index in [9.17, 15) is 8.42 Å². The number of hydrogen-bond donors (Lipinski definition) is 1. The summed E-state index contributed by atoms with van der Waals surface area (Å²) in [4.78, 5) is 14.6. The minimum Gasteiger partial charge on any atom is -0.339 e. The summed E-state index contributed by atoms with van der Waals surface area (Å²) in [6, 6.07) is 8.07. The van der Waals surface area contributed by atoms with Crippen LogP contribution in [0.5, 0.6) is 0 Å². The van der Waals surface area contributed by atoms with E-state index in [1.54, 1.807) is 30.6 Å². The van der Waals surface area contributed by atoms with Gasteiger partial charge in [0.05, 0.1) is 11.4 Å². The lowest BCUT2D eigenvalue weighted by atomic mass is 10.3. The Morgan fingerprint density at radius 1 is 1.11 bits per heavy atom. The largest absolute Gasteiger partial charge is 0.339 e. The zero-order valence-corrected chi connectivity index (χ0v) is 15.8. The molecule has 2 heterocycles. The molecule has 2 aromatic heterocycles. The molecule has 142 valence electrons. The molecule has 3 rings (SSSR count). The van der Waals surface area contributed by atoms with E-state index >= 15 is 0 Å². The lowest BCUT2D eigenvalue weighted by Crippen LogP contribution is -2.19. The van der Waals surface area contributed by atoms with Crippen molar-refractivity contribution in [2.24, 2.45) is 0 Å². The maximum atomic E-state index is 12.3. The summed E-state index contributed by atoms with van der Waals surface area (Å²) < 4.78 is 32.0. The third-order valence-electron chi connectivity index (χ3n) is 3.66. The summed E-state index contributed by atoms with van der Waals surface area (Å²) >= 11 is 0. The monoisotopic (exact) mass is 388 g/mol. The van der Waals surface area contributed by atoms with Crippen molar-refractivity contribution in [2.75, 3.05) is 11.8 Å². The maximum Gasteiger partial charge on any atom is 0.264 e. The van der Waals surface area contributed by atoms with Crippen LogP contribution in [0.1, 0.15) is 24.2 Å². The Hall–Kier alpha value is -2.85. The summed E-state index contributed by atoms with van der Waals surface area (Å²) in [5.41, 5.74) is 0.833. The highest BCUT2D eigenvalue weighted by Gasteiger charge is 2.15. The van der Waals surface area contributed by atoms with Gasteiger partial charge in [-0.15, -0.1) is 0 Å². The molecule has 0 amide bonds. The third kappa shape index (κ3) is 5.08. The Morgan fingerprint density at radius 3 is 2.44 bits per heavy atom. The van der Waals surface area contributed by atoms with Crippen molar-refractivity contribution in [3.63, 3.8) is 0 Å². The van der Waals surface area contributed by atoms with Gasteiger partial charge in [-0.2, -0.15) is 4.98 Å². The average molecular weight is 388 g/mol. The van der Waals surface area contributed by atoms with Gasteiger partial charge in [-0.3, -0.25) is 4.90 Å². The molecule has 0 saturated heterocycles. The first-order valence-corrected chi connectivity index (χ1v) is 9.83. The van der Waals surface area contributed by atoms with E-state index in [-0.39, 0.29) is 10.8 Å². The van der Waals surface area contributed by atoms with Crippen molar-refractivity contribution in [3.05, 3.63) is 60.0 Å². The zero-order valence-electron chi connectivity index (χ0n) is 15.0. The number of aryl methyl sites for hydroxylation is 1. The molecule has 1 N–H and O–H groups in total. The topological polar surface area (TPSA) is 114 Å². The molecule has 0 aliphatic rings. The van der Waals surface area contributed by atoms with Crippen molar-refractivity contribution in [1.82, 2.24) is 25.0 Å². The molecule has 0 radical (unpaired) electrons. The van der Waals surface area contributed by atoms with Crippen LogP contribution in [0.2, 0.25) is 0 Å². The molecule has 10 heteroatoms. The first kappa shape index (κ1) is 18.9. The van der Waals surface area contributed by atoms with Gasteiger partial charge in [0.2, 0.25) is 11.8 Å². The zero-order chi connectivity index (χ0) is 19.3. The van der Waals surface area contributed by atoms with E-state index in [1.165, 1.54) is 12.1 Å². The quantitative estimate of drug-likeness (QED) is 0.622. The lowest BCUT2D eigenvalue weighted by Gasteiger charge is -2.14. The number of sulfonamides is 1. The third-order valence-corrected chi connectivity index (χ3v) is 5.00. The Kier molecular flexibility index (Phi) is 5.77. The molecule has 0 saturated carbocycles. The summed E-state index contributed by atoms with van der Waals surface area (Å²) in [5.74, 6) is 1.25. The van der Waals surface area contributed by atoms with Gasteiger partial charge in [0.15, 0.2) is 5.82 Å². The van der Waals surface area contributed by atoms with Gasteiger partial charge >= 0.3 is 0 Å². The molecule has 0 fully saturated rings. The minimum atomic E-state index is -3.70. The predicted octanol–water partition coefficient (Wildman–Crippen LogP) is 1.85. The second-order valence-corrected chi connectivity index (χ2v) is 7.65. The molecule has 0 atom stereocenters. The molecular weight excluding hydrogens is 368 g/mol. The fourth-order valence-electron chi connectivity index (χ4n) is 2.37. The van der Waals surface area contributed by atoms with E-state index in [0.29, 0.717) is 31.2 Å². The Bertz CT molecular complexity index is 973. The summed E-state index contributed by atoms with van der Waals surface area (Å²) in [5, 5.41) is 3.92. The van der Waals surface area contributed by atoms with Crippen LogP contribution in [0.15, 0.2) is 52.1 Å². The number of nitrogens with zero attached hydrogens (tertiary/aromatic N) is 5. The van der Waals surface area contributed by atoms with Crippen molar-refractivity contribution in [3.8, 4) is 0 Å². The Morgan fingerprint density at radius 2 is 1.81 bits per heavy atom. The average Bonchev–Trinajstić information content (AvgIpc) is 3.11. The van der Waals surface area contributed by atoms with Crippen LogP contribution < -0.4 is 4.72 Å². The lowest BCUT2D eigenvalue weighted by molar-refractivity contribution is 0.299. The molecule has 1 aromatic carbocycles. The standard InChI is InChI=1S/C17H20N6O3S/c1-3-16-20-15(21-26-16)12-23(2)11-13-9-18-17(19-10-13)22-27(24,25)14-7-5-4-6-8-14/h4-10H,3,11-12H2,1-2H3,(H,18,19,22). The van der Waals surface area contributed by atoms with E-state index in [2.05, 4.69) is 24.8 Å². The van der Waals surface area contributed by atoms with Crippen molar-refractivity contribution < 1.29 is 12.9 Å². The van der Waals surface area contributed by atoms with Crippen molar-refractivity contribution in [1.29, 1.82) is 0 Å². The van der Waals surface area contributed by atoms with Crippen LogP contribution >= 0.6 is 0 Å². The van der Waals surface area contributed by atoms with Crippen LogP contribution in [-0.2, 0) is 29.5 Å². The van der Waals surface area contributed by atoms with Gasteiger partial charge in [-0.25, -0.2) is 23.1 Å². The first-order valence-electron chi connectivity index (χ1n) is 8.35. The molecular formula is C17H20N6O3S. The summed E-state index contributed by atoms with van der Waals surface area (Å²) in [6.45, 7) is 3.03. The van der Waals surface area contributed by atoms with Crippen LogP contribution in [0.4, 0.5) is 5.95 Å². The maximum absolute atomic E-state index is 12.3. The van der Waals surface area contributed by atoms with Crippen molar-refractivity contribution >= 4 is 16.0 Å². The van der Waals surface area contributed by atoms with Crippen LogP contribution in [0.25, 0.3) is 0 Å². The highest BCUT2D eigenvalue weighted by atomic mass is 32.2. The molecule has 0 unspecified atom stereocenters. The van der Waals surface area contributed by atoms with Gasteiger partial charge < -0.3 is 4.52 Å². The van der Waals surface area contributed by atoms with E-state index in [4.69, 9.17) is 4.52 Å². The smallest absolute Gasteiger partial charge is 0.264 e. The van der Waals surface area contributed by atoms with Crippen LogP contribution in [0.3, 0.4) is 0 Å². The summed E-state index contributed by atoms with van der Waals surface area (Å²) in [7, 11) is -1.79. The molecule has 0 aliphatic heterocycles. The Balaban J connectivity index is 1.60. The number of hydrogen-bond acceptors (Lipinski definition) is 8. The summed E-state index contributed by atoms with van der Waals surface area (Å²) in [6.07, 6.45) is 3.87. The van der Waals surface area contributed by atoms with Crippen LogP contribution in [0, 0.1) is 0 Å². The SMILES string of the molecule is CCc1nc(CN(C)Cc2cnc(NS(=O)(=O)c3ccccc3)nc2)no1. The number of aromatic nitrogens is 4. The fraction of sp³-hybridized carbons (Fsp3) is 0.294. The molecule has 27 heavy (non-hydrogen) atoms. The number of anilines is 1. The minimum absolute atomic E-state index is 0.0241. The van der Waals surface area contributed by atoms with E-state index in [1.807, 2.05) is 18.9 Å². The number of benzene rings is 1. The van der Waals surface area contributed by atoms with Crippen LogP contribution in [-0.4, -0.2) is 40.5 Å². The van der Waals surface area contributed by atoms with Gasteiger partial charge in [0.1, 0.15) is 0 Å². The normalized spacial score (nSPS) is 11.7. The molecule has 0 bridgehead atoms. The fourth-order valence-corrected chi connectivity index (χ4v) is 3.35. The Labute approximate surface area is 157 Å². The van der Waals surface area contributed by atoms with E-state index < -0.39 is 10.0 Å². The highest BCUT2D eigenvalue weighted by Crippen LogP contribution is 2.13. The molecule has 3 aromatic rings. The van der Waals surface area contributed by atoms with Gasteiger partial charge in [0, 0.05) is 30.9 Å². The van der Waals surface area contributed by atoms with Gasteiger partial charge in [0.25, 0.3) is 10.0 Å². The van der Waals surface area contributed by atoms with E-state index in [0.717, 1.165) is 5.56 Å². The van der Waals surface area contributed by atoms with Crippen molar-refractivity contribution in [2.45, 2.75) is 31.3 Å². The number of rotatable bonds is 8. The highest BCUT2D eigenvalue weighted by molar-refractivity contribution is 7.92. The molecule has 9 nitrogen and oxygen atoms in total. The first-order chi connectivity index (χ1) is 13.0. The molecule has 0 spiro atoms. The van der Waals surface area contributed by atoms with Gasteiger partial charge in [-0.1, -0.05) is 30.3 Å².